The Bertz CT molecular complexity index is 639. The van der Waals surface area contributed by atoms with E-state index in [0.29, 0.717) is 5.52 Å². The van der Waals surface area contributed by atoms with Crippen molar-refractivity contribution >= 4 is 17.5 Å². The molecule has 2 aromatic heterocycles. The average molecular weight is 233 g/mol. The average Bonchev–Trinajstić information content (AvgIpc) is 2.51. The number of fused-ring (bicyclic) bond motifs is 1. The maximum Gasteiger partial charge on any atom is 0.353 e. The van der Waals surface area contributed by atoms with E-state index < -0.39 is 11.9 Å². The molecule has 0 aromatic carbocycles. The van der Waals surface area contributed by atoms with Crippen LogP contribution in [-0.2, 0) is 0 Å². The smallest absolute Gasteiger partial charge is 0.353 e. The standard InChI is InChI=1S/C12H11NO4/c1-6-4-3-5-13-9(6)8(11(14)15)7(2)10(13)12(16)17/h3-5H,1-2H3,(H,14,15)(H,16,17). The van der Waals surface area contributed by atoms with E-state index in [9.17, 15) is 14.7 Å². The van der Waals surface area contributed by atoms with E-state index in [-0.39, 0.29) is 16.8 Å². The van der Waals surface area contributed by atoms with Crippen LogP contribution in [0, 0.1) is 13.8 Å². The molecule has 0 aliphatic rings. The van der Waals surface area contributed by atoms with Gasteiger partial charge in [0, 0.05) is 6.20 Å². The zero-order valence-corrected chi connectivity index (χ0v) is 9.39. The summed E-state index contributed by atoms with van der Waals surface area (Å²) in [6.45, 7) is 3.27. The van der Waals surface area contributed by atoms with E-state index in [2.05, 4.69) is 0 Å². The lowest BCUT2D eigenvalue weighted by molar-refractivity contribution is 0.0687. The third-order valence-corrected chi connectivity index (χ3v) is 2.82. The monoisotopic (exact) mass is 233 g/mol. The number of carboxylic acid groups (broad SMARTS) is 2. The molecule has 0 fully saturated rings. The molecule has 0 radical (unpaired) electrons. The van der Waals surface area contributed by atoms with Gasteiger partial charge in [0.2, 0.25) is 0 Å². The van der Waals surface area contributed by atoms with Crippen molar-refractivity contribution in [2.45, 2.75) is 13.8 Å². The van der Waals surface area contributed by atoms with Gasteiger partial charge in [0.25, 0.3) is 0 Å². The van der Waals surface area contributed by atoms with Crippen LogP contribution in [0.3, 0.4) is 0 Å². The van der Waals surface area contributed by atoms with Gasteiger partial charge >= 0.3 is 11.9 Å². The van der Waals surface area contributed by atoms with Gasteiger partial charge in [0.05, 0.1) is 11.1 Å². The second-order valence-electron chi connectivity index (χ2n) is 3.87. The van der Waals surface area contributed by atoms with Crippen LogP contribution in [0.1, 0.15) is 32.0 Å². The molecule has 5 nitrogen and oxygen atoms in total. The first kappa shape index (κ1) is 11.2. The number of nitrogens with zero attached hydrogens (tertiary/aromatic N) is 1. The molecule has 88 valence electrons. The molecule has 0 bridgehead atoms. The van der Waals surface area contributed by atoms with Crippen LogP contribution in [0.15, 0.2) is 18.3 Å². The summed E-state index contributed by atoms with van der Waals surface area (Å²) >= 11 is 0. The number of rotatable bonds is 2. The fourth-order valence-corrected chi connectivity index (χ4v) is 2.12. The van der Waals surface area contributed by atoms with Crippen LogP contribution < -0.4 is 0 Å². The molecule has 0 aliphatic heterocycles. The third-order valence-electron chi connectivity index (χ3n) is 2.82. The minimum Gasteiger partial charge on any atom is -0.478 e. The molecular weight excluding hydrogens is 222 g/mol. The first-order chi connectivity index (χ1) is 7.95. The molecule has 2 aromatic rings. The highest BCUT2D eigenvalue weighted by atomic mass is 16.4. The van der Waals surface area contributed by atoms with Crippen molar-refractivity contribution in [2.75, 3.05) is 0 Å². The van der Waals surface area contributed by atoms with Crippen molar-refractivity contribution in [3.05, 3.63) is 40.7 Å². The van der Waals surface area contributed by atoms with Gasteiger partial charge in [-0.2, -0.15) is 0 Å². The SMILES string of the molecule is Cc1c(C(=O)O)c2c(C)cccn2c1C(=O)O. The maximum atomic E-state index is 11.2. The molecule has 0 saturated carbocycles. The van der Waals surface area contributed by atoms with Crippen molar-refractivity contribution in [3.8, 4) is 0 Å². The lowest BCUT2D eigenvalue weighted by atomic mass is 10.1. The maximum absolute atomic E-state index is 11.2. The minimum atomic E-state index is -1.13. The molecule has 5 heteroatoms. The molecule has 17 heavy (non-hydrogen) atoms. The molecule has 2 N–H and O–H groups in total. The first-order valence-corrected chi connectivity index (χ1v) is 5.02. The second kappa shape index (κ2) is 3.62. The van der Waals surface area contributed by atoms with Gasteiger partial charge in [-0.3, -0.25) is 0 Å². The summed E-state index contributed by atoms with van der Waals surface area (Å²) < 4.78 is 1.41. The zero-order valence-electron chi connectivity index (χ0n) is 9.39. The Morgan fingerprint density at radius 1 is 1.18 bits per heavy atom. The summed E-state index contributed by atoms with van der Waals surface area (Å²) in [6.07, 6.45) is 1.56. The summed E-state index contributed by atoms with van der Waals surface area (Å²) in [5.74, 6) is -2.24. The summed E-state index contributed by atoms with van der Waals surface area (Å²) in [7, 11) is 0. The predicted molar refractivity (Wildman–Crippen MR) is 60.8 cm³/mol. The Labute approximate surface area is 96.9 Å². The van der Waals surface area contributed by atoms with Gasteiger partial charge < -0.3 is 14.6 Å². The molecule has 0 unspecified atom stereocenters. The van der Waals surface area contributed by atoms with Gasteiger partial charge in [0.1, 0.15) is 5.69 Å². The van der Waals surface area contributed by atoms with Crippen molar-refractivity contribution < 1.29 is 19.8 Å². The Balaban J connectivity index is 3.04. The van der Waals surface area contributed by atoms with Crippen LogP contribution in [0.25, 0.3) is 5.52 Å². The van der Waals surface area contributed by atoms with Crippen LogP contribution in [0.2, 0.25) is 0 Å². The highest BCUT2D eigenvalue weighted by Crippen LogP contribution is 2.25. The number of aromatic nitrogens is 1. The quantitative estimate of drug-likeness (QED) is 0.830. The highest BCUT2D eigenvalue weighted by molar-refractivity contribution is 6.03. The molecule has 0 amide bonds. The van der Waals surface area contributed by atoms with E-state index >= 15 is 0 Å². The third kappa shape index (κ3) is 1.47. The van der Waals surface area contributed by atoms with Crippen molar-refractivity contribution in [2.24, 2.45) is 0 Å². The lowest BCUT2D eigenvalue weighted by Gasteiger charge is -2.01. The molecule has 2 heterocycles. The Hall–Kier alpha value is -2.30. The minimum absolute atomic E-state index is 0.00102. The summed E-state index contributed by atoms with van der Waals surface area (Å²) in [5.41, 5.74) is 1.51. The Morgan fingerprint density at radius 3 is 2.35 bits per heavy atom. The number of hydrogen-bond acceptors (Lipinski definition) is 2. The lowest BCUT2D eigenvalue weighted by Crippen LogP contribution is -2.03. The number of aromatic carboxylic acids is 2. The normalized spacial score (nSPS) is 10.7. The fourth-order valence-electron chi connectivity index (χ4n) is 2.12. The molecule has 0 saturated heterocycles. The molecule has 2 rings (SSSR count). The number of carboxylic acids is 2. The van der Waals surface area contributed by atoms with Gasteiger partial charge in [-0.05, 0) is 31.0 Å². The van der Waals surface area contributed by atoms with Gasteiger partial charge in [-0.25, -0.2) is 9.59 Å². The van der Waals surface area contributed by atoms with Crippen molar-refractivity contribution in [1.29, 1.82) is 0 Å². The van der Waals surface area contributed by atoms with Gasteiger partial charge in [0.15, 0.2) is 0 Å². The van der Waals surface area contributed by atoms with Crippen LogP contribution in [0.4, 0.5) is 0 Å². The van der Waals surface area contributed by atoms with Crippen molar-refractivity contribution in [1.82, 2.24) is 4.40 Å². The fraction of sp³-hybridized carbons (Fsp3) is 0.167. The predicted octanol–water partition coefficient (Wildman–Crippen LogP) is 1.95. The van der Waals surface area contributed by atoms with Crippen LogP contribution in [-0.4, -0.2) is 26.6 Å². The van der Waals surface area contributed by atoms with Crippen molar-refractivity contribution in [3.63, 3.8) is 0 Å². The summed E-state index contributed by atoms with van der Waals surface area (Å²) in [5, 5.41) is 18.3. The molecule has 0 aliphatic carbocycles. The number of pyridine rings is 1. The Kier molecular flexibility index (Phi) is 2.38. The van der Waals surface area contributed by atoms with Gasteiger partial charge in [-0.1, -0.05) is 6.07 Å². The van der Waals surface area contributed by atoms with E-state index in [4.69, 9.17) is 5.11 Å². The van der Waals surface area contributed by atoms with Crippen LogP contribution >= 0.6 is 0 Å². The van der Waals surface area contributed by atoms with Gasteiger partial charge in [-0.15, -0.1) is 0 Å². The highest BCUT2D eigenvalue weighted by Gasteiger charge is 2.24. The van der Waals surface area contributed by atoms with E-state index in [1.165, 1.54) is 11.3 Å². The number of hydrogen-bond donors (Lipinski definition) is 2. The number of aryl methyl sites for hydroxylation is 1. The molecule has 0 atom stereocenters. The van der Waals surface area contributed by atoms with E-state index in [1.807, 2.05) is 0 Å². The van der Waals surface area contributed by atoms with E-state index in [1.54, 1.807) is 25.3 Å². The topological polar surface area (TPSA) is 79.0 Å². The largest absolute Gasteiger partial charge is 0.478 e. The second-order valence-corrected chi connectivity index (χ2v) is 3.87. The number of carbonyl (C=O) groups is 2. The molecular formula is C12H11NO4. The molecule has 0 spiro atoms. The van der Waals surface area contributed by atoms with E-state index in [0.717, 1.165) is 5.56 Å². The Morgan fingerprint density at radius 2 is 1.82 bits per heavy atom. The summed E-state index contributed by atoms with van der Waals surface area (Å²) in [6, 6.07) is 3.45. The summed E-state index contributed by atoms with van der Waals surface area (Å²) in [4.78, 5) is 22.4. The zero-order chi connectivity index (χ0) is 12.7. The van der Waals surface area contributed by atoms with Crippen LogP contribution in [0.5, 0.6) is 0 Å². The first-order valence-electron chi connectivity index (χ1n) is 5.02.